The number of nitrogens with zero attached hydrogens (tertiary/aromatic N) is 3. The highest BCUT2D eigenvalue weighted by Gasteiger charge is 2.34. The van der Waals surface area contributed by atoms with Crippen molar-refractivity contribution in [3.63, 3.8) is 0 Å². The zero-order valence-electron chi connectivity index (χ0n) is 14.4. The maximum absolute atomic E-state index is 13.3. The highest BCUT2D eigenvalue weighted by molar-refractivity contribution is 6.31. The van der Waals surface area contributed by atoms with E-state index in [1.54, 1.807) is 0 Å². The second-order valence-electron chi connectivity index (χ2n) is 7.06. The summed E-state index contributed by atoms with van der Waals surface area (Å²) in [6, 6.07) is 7.47. The molecule has 1 amide bonds. The average molecular weight is 359 g/mol. The van der Waals surface area contributed by atoms with Crippen LogP contribution in [0.3, 0.4) is 0 Å². The molecule has 6 heteroatoms. The predicted octanol–water partition coefficient (Wildman–Crippen LogP) is 2.70. The SMILES string of the molecule is Cn1ncc2c1CCNC2C(=O)N(Cc1ccccc1Cl)CC1CC1. The summed E-state index contributed by atoms with van der Waals surface area (Å²) in [6.45, 7) is 2.16. The number of aromatic nitrogens is 2. The van der Waals surface area contributed by atoms with E-state index in [9.17, 15) is 4.79 Å². The monoisotopic (exact) mass is 358 g/mol. The van der Waals surface area contributed by atoms with E-state index in [2.05, 4.69) is 10.4 Å². The molecule has 2 aromatic rings. The fourth-order valence-corrected chi connectivity index (χ4v) is 3.75. The number of amides is 1. The molecule has 0 radical (unpaired) electrons. The standard InChI is InChI=1S/C19H23ClN4O/c1-23-17-8-9-21-18(15(17)10-22-23)19(25)24(11-13-6-7-13)12-14-4-2-3-5-16(14)20/h2-5,10,13,18,21H,6-9,11-12H2,1H3. The van der Waals surface area contributed by atoms with E-state index in [1.165, 1.54) is 12.8 Å². The number of rotatable bonds is 5. The van der Waals surface area contributed by atoms with E-state index in [4.69, 9.17) is 11.6 Å². The Kier molecular flexibility index (Phi) is 4.52. The van der Waals surface area contributed by atoms with Gasteiger partial charge in [-0.1, -0.05) is 29.8 Å². The van der Waals surface area contributed by atoms with Gasteiger partial charge in [-0.3, -0.25) is 9.48 Å². The lowest BCUT2D eigenvalue weighted by Gasteiger charge is -2.30. The Balaban J connectivity index is 1.59. The van der Waals surface area contributed by atoms with Crippen LogP contribution in [0.15, 0.2) is 30.5 Å². The Morgan fingerprint density at radius 1 is 1.40 bits per heavy atom. The highest BCUT2D eigenvalue weighted by atomic mass is 35.5. The van der Waals surface area contributed by atoms with E-state index in [0.29, 0.717) is 12.5 Å². The average Bonchev–Trinajstić information content (AvgIpc) is 3.36. The van der Waals surface area contributed by atoms with Gasteiger partial charge in [-0.25, -0.2) is 0 Å². The molecule has 1 N–H and O–H groups in total. The van der Waals surface area contributed by atoms with Crippen LogP contribution in [0.1, 0.15) is 35.7 Å². The maximum Gasteiger partial charge on any atom is 0.244 e. The molecular formula is C19H23ClN4O. The first kappa shape index (κ1) is 16.6. The second kappa shape index (κ2) is 6.81. The van der Waals surface area contributed by atoms with E-state index < -0.39 is 0 Å². The summed E-state index contributed by atoms with van der Waals surface area (Å²) in [5, 5.41) is 8.45. The van der Waals surface area contributed by atoms with Crippen LogP contribution in [0.2, 0.25) is 5.02 Å². The summed E-state index contributed by atoms with van der Waals surface area (Å²) in [5.74, 6) is 0.754. The molecule has 0 saturated heterocycles. The molecule has 25 heavy (non-hydrogen) atoms. The summed E-state index contributed by atoms with van der Waals surface area (Å²) in [4.78, 5) is 15.3. The van der Waals surface area contributed by atoms with Crippen molar-refractivity contribution in [3.8, 4) is 0 Å². The number of nitrogens with one attached hydrogen (secondary N) is 1. The van der Waals surface area contributed by atoms with Crippen molar-refractivity contribution in [2.45, 2.75) is 31.8 Å². The maximum atomic E-state index is 13.3. The number of hydrogen-bond donors (Lipinski definition) is 1. The van der Waals surface area contributed by atoms with Gasteiger partial charge in [0.15, 0.2) is 0 Å². The lowest BCUT2D eigenvalue weighted by molar-refractivity contribution is -0.134. The van der Waals surface area contributed by atoms with Crippen LogP contribution in [-0.2, 0) is 24.8 Å². The van der Waals surface area contributed by atoms with E-state index >= 15 is 0 Å². The van der Waals surface area contributed by atoms with Crippen molar-refractivity contribution in [2.75, 3.05) is 13.1 Å². The van der Waals surface area contributed by atoms with Crippen LogP contribution in [0.4, 0.5) is 0 Å². The third-order valence-electron chi connectivity index (χ3n) is 5.17. The van der Waals surface area contributed by atoms with Gasteiger partial charge in [-0.05, 0) is 30.4 Å². The minimum Gasteiger partial charge on any atom is -0.336 e. The first-order valence-electron chi connectivity index (χ1n) is 8.90. The van der Waals surface area contributed by atoms with E-state index in [-0.39, 0.29) is 11.9 Å². The van der Waals surface area contributed by atoms with Crippen LogP contribution in [-0.4, -0.2) is 33.7 Å². The molecule has 4 rings (SSSR count). The van der Waals surface area contributed by atoms with Gasteiger partial charge in [0.05, 0.1) is 6.20 Å². The van der Waals surface area contributed by atoms with Gasteiger partial charge in [-0.15, -0.1) is 0 Å². The summed E-state index contributed by atoms with van der Waals surface area (Å²) in [5.41, 5.74) is 3.17. The fourth-order valence-electron chi connectivity index (χ4n) is 3.55. The molecule has 1 unspecified atom stereocenters. The zero-order valence-corrected chi connectivity index (χ0v) is 15.2. The van der Waals surface area contributed by atoms with Gasteiger partial charge in [0.2, 0.25) is 5.91 Å². The third-order valence-corrected chi connectivity index (χ3v) is 5.54. The fraction of sp³-hybridized carbons (Fsp3) is 0.474. The molecule has 5 nitrogen and oxygen atoms in total. The molecule has 132 valence electrons. The number of hydrogen-bond acceptors (Lipinski definition) is 3. The minimum absolute atomic E-state index is 0.126. The second-order valence-corrected chi connectivity index (χ2v) is 7.47. The smallest absolute Gasteiger partial charge is 0.244 e. The zero-order chi connectivity index (χ0) is 17.4. The van der Waals surface area contributed by atoms with Crippen molar-refractivity contribution in [3.05, 3.63) is 52.3 Å². The minimum atomic E-state index is -0.307. The lowest BCUT2D eigenvalue weighted by Crippen LogP contribution is -2.44. The highest BCUT2D eigenvalue weighted by Crippen LogP contribution is 2.32. The van der Waals surface area contributed by atoms with Gasteiger partial charge in [0.1, 0.15) is 6.04 Å². The molecule has 1 aromatic carbocycles. The summed E-state index contributed by atoms with van der Waals surface area (Å²) in [7, 11) is 1.94. The molecule has 1 aromatic heterocycles. The Bertz CT molecular complexity index is 783. The molecule has 0 bridgehead atoms. The molecule has 0 spiro atoms. The normalized spacial score (nSPS) is 19.5. The molecule has 1 aliphatic carbocycles. The number of carbonyl (C=O) groups is 1. The summed E-state index contributed by atoms with van der Waals surface area (Å²) >= 11 is 6.33. The molecule has 2 heterocycles. The number of aryl methyl sites for hydroxylation is 1. The van der Waals surface area contributed by atoms with Crippen LogP contribution >= 0.6 is 11.6 Å². The van der Waals surface area contributed by atoms with Gasteiger partial charge < -0.3 is 10.2 Å². The summed E-state index contributed by atoms with van der Waals surface area (Å²) in [6.07, 6.45) is 5.16. The van der Waals surface area contributed by atoms with Crippen molar-refractivity contribution in [1.29, 1.82) is 0 Å². The quantitative estimate of drug-likeness (QED) is 0.894. The largest absolute Gasteiger partial charge is 0.336 e. The van der Waals surface area contributed by atoms with Gasteiger partial charge in [0.25, 0.3) is 0 Å². The van der Waals surface area contributed by atoms with Gasteiger partial charge in [-0.2, -0.15) is 5.10 Å². The van der Waals surface area contributed by atoms with Crippen LogP contribution in [0, 0.1) is 5.92 Å². The molecule has 1 aliphatic heterocycles. The molecule has 2 aliphatic rings. The molecule has 1 fully saturated rings. The molecule has 1 atom stereocenters. The first-order valence-corrected chi connectivity index (χ1v) is 9.27. The van der Waals surface area contributed by atoms with Crippen LogP contribution in [0.5, 0.6) is 0 Å². The Hall–Kier alpha value is -1.85. The predicted molar refractivity (Wildman–Crippen MR) is 97.2 cm³/mol. The van der Waals surface area contributed by atoms with Crippen molar-refractivity contribution in [1.82, 2.24) is 20.0 Å². The molecule has 1 saturated carbocycles. The van der Waals surface area contributed by atoms with Crippen LogP contribution in [0.25, 0.3) is 0 Å². The van der Waals surface area contributed by atoms with Crippen molar-refractivity contribution >= 4 is 17.5 Å². The number of halogens is 1. The number of benzene rings is 1. The Morgan fingerprint density at radius 2 is 2.20 bits per heavy atom. The van der Waals surface area contributed by atoms with Crippen molar-refractivity contribution in [2.24, 2.45) is 13.0 Å². The topological polar surface area (TPSA) is 50.2 Å². The van der Waals surface area contributed by atoms with Gasteiger partial charge in [0, 0.05) is 49.4 Å². The van der Waals surface area contributed by atoms with Crippen molar-refractivity contribution < 1.29 is 4.79 Å². The van der Waals surface area contributed by atoms with E-state index in [0.717, 1.165) is 41.4 Å². The number of carbonyl (C=O) groups excluding carboxylic acids is 1. The third kappa shape index (κ3) is 3.44. The molecular weight excluding hydrogens is 336 g/mol. The summed E-state index contributed by atoms with van der Waals surface area (Å²) < 4.78 is 1.88. The first-order chi connectivity index (χ1) is 12.1. The van der Waals surface area contributed by atoms with Gasteiger partial charge >= 0.3 is 0 Å². The lowest BCUT2D eigenvalue weighted by atomic mass is 10.00. The Labute approximate surface area is 153 Å². The van der Waals surface area contributed by atoms with Crippen LogP contribution < -0.4 is 5.32 Å². The van der Waals surface area contributed by atoms with E-state index in [1.807, 2.05) is 47.1 Å². The number of fused-ring (bicyclic) bond motifs is 1. The Morgan fingerprint density at radius 3 is 2.96 bits per heavy atom.